The molecule has 0 fully saturated rings. The fourth-order valence-corrected chi connectivity index (χ4v) is 2.09. The summed E-state index contributed by atoms with van der Waals surface area (Å²) in [4.78, 5) is 4.35. The van der Waals surface area contributed by atoms with Crippen molar-refractivity contribution in [2.45, 2.75) is 6.54 Å². The van der Waals surface area contributed by atoms with E-state index in [1.807, 2.05) is 54.9 Å². The number of hydrogen-bond donors (Lipinski definition) is 0. The molecule has 2 aromatic carbocycles. The van der Waals surface area contributed by atoms with Crippen molar-refractivity contribution in [3.63, 3.8) is 0 Å². The normalized spacial score (nSPS) is 10.4. The first kappa shape index (κ1) is 10.5. The van der Waals surface area contributed by atoms with E-state index >= 15 is 0 Å². The fourth-order valence-electron chi connectivity index (χ4n) is 2.09. The smallest absolute Gasteiger partial charge is 0.0995 e. The van der Waals surface area contributed by atoms with Gasteiger partial charge in [0.15, 0.2) is 0 Å². The van der Waals surface area contributed by atoms with Gasteiger partial charge in [0.2, 0.25) is 0 Å². The predicted molar refractivity (Wildman–Crippen MR) is 70.0 cm³/mol. The molecular weight excluding hydrogens is 222 g/mol. The van der Waals surface area contributed by atoms with Crippen molar-refractivity contribution in [3.05, 3.63) is 66.0 Å². The molecule has 3 nitrogen and oxygen atoms in total. The third-order valence-electron chi connectivity index (χ3n) is 3.01. The first-order valence-corrected chi connectivity index (χ1v) is 5.76. The molecule has 0 aliphatic carbocycles. The number of para-hydroxylation sites is 2. The molecule has 3 heteroatoms. The number of imidazole rings is 1. The van der Waals surface area contributed by atoms with Crippen LogP contribution in [0.5, 0.6) is 0 Å². The topological polar surface area (TPSA) is 41.6 Å². The second-order valence-corrected chi connectivity index (χ2v) is 4.13. The minimum absolute atomic E-state index is 0.671. The lowest BCUT2D eigenvalue weighted by Crippen LogP contribution is -2.00. The van der Waals surface area contributed by atoms with E-state index in [9.17, 15) is 0 Å². The van der Waals surface area contributed by atoms with Gasteiger partial charge in [0.1, 0.15) is 0 Å². The summed E-state index contributed by atoms with van der Waals surface area (Å²) in [5.74, 6) is 0. The number of nitrogens with zero attached hydrogens (tertiary/aromatic N) is 3. The highest BCUT2D eigenvalue weighted by Crippen LogP contribution is 2.15. The van der Waals surface area contributed by atoms with Crippen molar-refractivity contribution in [2.75, 3.05) is 0 Å². The van der Waals surface area contributed by atoms with Crippen LogP contribution in [0.3, 0.4) is 0 Å². The summed E-state index contributed by atoms with van der Waals surface area (Å²) in [5.41, 5.74) is 3.80. The Labute approximate surface area is 105 Å². The third-order valence-corrected chi connectivity index (χ3v) is 3.01. The van der Waals surface area contributed by atoms with E-state index < -0.39 is 0 Å². The lowest BCUT2D eigenvalue weighted by molar-refractivity contribution is 0.822. The predicted octanol–water partition coefficient (Wildman–Crippen LogP) is 2.96. The second kappa shape index (κ2) is 4.34. The Bertz CT molecular complexity index is 735. The molecule has 3 aromatic rings. The number of nitriles is 1. The number of rotatable bonds is 2. The van der Waals surface area contributed by atoms with Crippen LogP contribution in [-0.4, -0.2) is 9.55 Å². The number of benzene rings is 2. The van der Waals surface area contributed by atoms with Gasteiger partial charge in [-0.15, -0.1) is 0 Å². The number of aromatic nitrogens is 2. The Morgan fingerprint density at radius 3 is 2.72 bits per heavy atom. The quantitative estimate of drug-likeness (QED) is 0.682. The molecule has 1 heterocycles. The zero-order valence-corrected chi connectivity index (χ0v) is 9.74. The molecule has 0 radical (unpaired) electrons. The molecule has 1 aromatic heterocycles. The van der Waals surface area contributed by atoms with Crippen LogP contribution in [0.25, 0.3) is 11.0 Å². The van der Waals surface area contributed by atoms with Gasteiger partial charge in [-0.25, -0.2) is 4.98 Å². The fraction of sp³-hybridized carbons (Fsp3) is 0.0667. The molecule has 18 heavy (non-hydrogen) atoms. The van der Waals surface area contributed by atoms with E-state index in [4.69, 9.17) is 5.26 Å². The largest absolute Gasteiger partial charge is 0.326 e. The molecule has 0 saturated carbocycles. The Balaban J connectivity index is 2.05. The van der Waals surface area contributed by atoms with Crippen LogP contribution >= 0.6 is 0 Å². The van der Waals surface area contributed by atoms with Gasteiger partial charge >= 0.3 is 0 Å². The van der Waals surface area contributed by atoms with Crippen molar-refractivity contribution >= 4 is 11.0 Å². The Hall–Kier alpha value is -2.60. The molecular formula is C15H11N3. The van der Waals surface area contributed by atoms with Crippen molar-refractivity contribution in [3.8, 4) is 6.07 Å². The molecule has 86 valence electrons. The van der Waals surface area contributed by atoms with Crippen LogP contribution in [0.2, 0.25) is 0 Å². The molecule has 0 spiro atoms. The van der Waals surface area contributed by atoms with Gasteiger partial charge in [0.25, 0.3) is 0 Å². The van der Waals surface area contributed by atoms with Gasteiger partial charge in [-0.1, -0.05) is 30.3 Å². The lowest BCUT2D eigenvalue weighted by Gasteiger charge is -2.06. The zero-order chi connectivity index (χ0) is 12.4. The summed E-state index contributed by atoms with van der Waals surface area (Å²) in [5, 5.41) is 9.09. The molecule has 0 amide bonds. The summed E-state index contributed by atoms with van der Waals surface area (Å²) in [6.45, 7) is 0.671. The first-order chi connectivity index (χ1) is 8.88. The average molecular weight is 233 g/mol. The van der Waals surface area contributed by atoms with E-state index in [0.29, 0.717) is 6.54 Å². The zero-order valence-electron chi connectivity index (χ0n) is 9.74. The van der Waals surface area contributed by atoms with Crippen molar-refractivity contribution < 1.29 is 0 Å². The van der Waals surface area contributed by atoms with E-state index in [2.05, 4.69) is 15.6 Å². The van der Waals surface area contributed by atoms with Gasteiger partial charge in [0.05, 0.1) is 35.5 Å². The maximum absolute atomic E-state index is 9.09. The van der Waals surface area contributed by atoms with E-state index in [1.54, 1.807) is 0 Å². The first-order valence-electron chi connectivity index (χ1n) is 5.76. The van der Waals surface area contributed by atoms with Crippen LogP contribution in [0, 0.1) is 11.3 Å². The maximum atomic E-state index is 9.09. The summed E-state index contributed by atoms with van der Waals surface area (Å²) < 4.78 is 2.06. The number of fused-ring (bicyclic) bond motifs is 1. The molecule has 0 N–H and O–H groups in total. The summed E-state index contributed by atoms with van der Waals surface area (Å²) >= 11 is 0. The van der Waals surface area contributed by atoms with Crippen LogP contribution in [0.4, 0.5) is 0 Å². The molecule has 0 atom stereocenters. The summed E-state index contributed by atoms with van der Waals surface area (Å²) in [6.07, 6.45) is 1.82. The highest BCUT2D eigenvalue weighted by molar-refractivity contribution is 5.75. The highest BCUT2D eigenvalue weighted by atomic mass is 15.0. The molecule has 0 saturated heterocycles. The summed E-state index contributed by atoms with van der Waals surface area (Å²) in [6, 6.07) is 17.9. The van der Waals surface area contributed by atoms with Crippen molar-refractivity contribution in [1.29, 1.82) is 5.26 Å². The molecule has 0 aliphatic heterocycles. The molecule has 0 unspecified atom stereocenters. The van der Waals surface area contributed by atoms with Gasteiger partial charge < -0.3 is 4.57 Å². The second-order valence-electron chi connectivity index (χ2n) is 4.13. The van der Waals surface area contributed by atoms with Gasteiger partial charge in [-0.2, -0.15) is 5.26 Å². The Morgan fingerprint density at radius 2 is 1.83 bits per heavy atom. The van der Waals surface area contributed by atoms with E-state index in [0.717, 1.165) is 22.2 Å². The molecule has 0 aliphatic rings. The van der Waals surface area contributed by atoms with Crippen molar-refractivity contribution in [2.24, 2.45) is 0 Å². The monoisotopic (exact) mass is 233 g/mol. The van der Waals surface area contributed by atoms with Gasteiger partial charge in [0, 0.05) is 0 Å². The third kappa shape index (κ3) is 1.74. The maximum Gasteiger partial charge on any atom is 0.0995 e. The number of hydrogen-bond acceptors (Lipinski definition) is 2. The van der Waals surface area contributed by atoms with Gasteiger partial charge in [-0.3, -0.25) is 0 Å². The summed E-state index contributed by atoms with van der Waals surface area (Å²) in [7, 11) is 0. The van der Waals surface area contributed by atoms with Crippen LogP contribution < -0.4 is 0 Å². The van der Waals surface area contributed by atoms with E-state index in [-0.39, 0.29) is 0 Å². The SMILES string of the molecule is N#Cc1ccccc1Cn1cnc2ccccc21. The average Bonchev–Trinajstić information content (AvgIpc) is 2.83. The minimum atomic E-state index is 0.671. The molecule has 0 bridgehead atoms. The Morgan fingerprint density at radius 1 is 1.06 bits per heavy atom. The molecule has 3 rings (SSSR count). The van der Waals surface area contributed by atoms with Gasteiger partial charge in [-0.05, 0) is 23.8 Å². The lowest BCUT2D eigenvalue weighted by atomic mass is 10.1. The minimum Gasteiger partial charge on any atom is -0.326 e. The van der Waals surface area contributed by atoms with Crippen LogP contribution in [0.1, 0.15) is 11.1 Å². The van der Waals surface area contributed by atoms with Crippen LogP contribution in [-0.2, 0) is 6.54 Å². The van der Waals surface area contributed by atoms with E-state index in [1.165, 1.54) is 0 Å². The van der Waals surface area contributed by atoms with Crippen molar-refractivity contribution in [1.82, 2.24) is 9.55 Å². The Kier molecular flexibility index (Phi) is 2.54. The standard InChI is InChI=1S/C15H11N3/c16-9-12-5-1-2-6-13(12)10-18-11-17-14-7-3-4-8-15(14)18/h1-8,11H,10H2. The van der Waals surface area contributed by atoms with Crippen LogP contribution in [0.15, 0.2) is 54.9 Å². The highest BCUT2D eigenvalue weighted by Gasteiger charge is 2.05.